The van der Waals surface area contributed by atoms with Crippen LogP contribution in [0.1, 0.15) is 17.3 Å². The fraction of sp³-hybridized carbons (Fsp3) is 0.182. The molecule has 18 heavy (non-hydrogen) atoms. The Morgan fingerprint density at radius 3 is 2.67 bits per heavy atom. The van der Waals surface area contributed by atoms with Gasteiger partial charge in [0.05, 0.1) is 0 Å². The topological polar surface area (TPSA) is 42.9 Å². The molecule has 2 rings (SSSR count). The Kier molecular flexibility index (Phi) is 4.83. The molecular formula is C11H9BrN2OS3. The molecule has 3 nitrogen and oxygen atoms in total. The first-order valence-corrected chi connectivity index (χ1v) is 8.61. The van der Waals surface area contributed by atoms with Crippen LogP contribution in [0.25, 0.3) is 0 Å². The smallest absolute Gasteiger partial charge is 0.179 e. The molecule has 1 heterocycles. The van der Waals surface area contributed by atoms with Gasteiger partial charge in [0.25, 0.3) is 0 Å². The van der Waals surface area contributed by atoms with E-state index in [-0.39, 0.29) is 5.78 Å². The van der Waals surface area contributed by atoms with Crippen LogP contribution in [-0.4, -0.2) is 22.2 Å². The Hall–Kier alpha value is -0.370. The zero-order chi connectivity index (χ0) is 13.1. The third-order valence-corrected chi connectivity index (χ3v) is 5.60. The minimum atomic E-state index is 0.0494. The molecule has 1 aromatic heterocycles. The molecule has 0 fully saturated rings. The van der Waals surface area contributed by atoms with Crippen LogP contribution >= 0.6 is 50.8 Å². The summed E-state index contributed by atoms with van der Waals surface area (Å²) >= 11 is 7.96. The van der Waals surface area contributed by atoms with Crippen LogP contribution in [0.3, 0.4) is 0 Å². The van der Waals surface area contributed by atoms with Crippen molar-refractivity contribution in [1.29, 1.82) is 0 Å². The molecule has 0 spiro atoms. The average Bonchev–Trinajstić information content (AvgIpc) is 2.79. The number of Topliss-reactive ketones (excluding diaryl/α,β-unsaturated/α-hetero) is 1. The molecular weight excluding hydrogens is 352 g/mol. The van der Waals surface area contributed by atoms with Crippen molar-refractivity contribution in [3.63, 3.8) is 0 Å². The van der Waals surface area contributed by atoms with Gasteiger partial charge in [0.15, 0.2) is 14.5 Å². The number of carbonyl (C=O) groups excluding carboxylic acids is 1. The van der Waals surface area contributed by atoms with Crippen molar-refractivity contribution in [2.45, 2.75) is 20.5 Å². The highest BCUT2D eigenvalue weighted by atomic mass is 79.9. The molecule has 0 atom stereocenters. The molecule has 0 aliphatic carbocycles. The molecule has 0 aliphatic heterocycles. The summed E-state index contributed by atoms with van der Waals surface area (Å²) in [7, 11) is 0. The van der Waals surface area contributed by atoms with Gasteiger partial charge in [-0.25, -0.2) is 0 Å². The SMILES string of the molecule is CSc1nnc(Sc2ccc(Br)cc2C(C)=O)s1. The van der Waals surface area contributed by atoms with E-state index < -0.39 is 0 Å². The van der Waals surface area contributed by atoms with E-state index in [0.717, 1.165) is 18.0 Å². The van der Waals surface area contributed by atoms with Gasteiger partial charge < -0.3 is 0 Å². The number of carbonyl (C=O) groups is 1. The fourth-order valence-corrected chi connectivity index (χ4v) is 4.20. The van der Waals surface area contributed by atoms with Crippen molar-refractivity contribution < 1.29 is 4.79 Å². The maximum absolute atomic E-state index is 11.6. The lowest BCUT2D eigenvalue weighted by molar-refractivity contribution is 0.101. The normalized spacial score (nSPS) is 10.6. The Balaban J connectivity index is 2.30. The molecule has 7 heteroatoms. The summed E-state index contributed by atoms with van der Waals surface area (Å²) in [4.78, 5) is 12.5. The Morgan fingerprint density at radius 1 is 1.33 bits per heavy atom. The highest BCUT2D eigenvalue weighted by Crippen LogP contribution is 2.35. The maximum Gasteiger partial charge on any atom is 0.179 e. The Morgan fingerprint density at radius 2 is 2.06 bits per heavy atom. The van der Waals surface area contributed by atoms with E-state index in [0.29, 0.717) is 5.56 Å². The van der Waals surface area contributed by atoms with E-state index in [1.54, 1.807) is 18.7 Å². The van der Waals surface area contributed by atoms with Crippen molar-refractivity contribution in [2.24, 2.45) is 0 Å². The van der Waals surface area contributed by atoms with Gasteiger partial charge in [0.2, 0.25) is 0 Å². The second kappa shape index (κ2) is 6.18. The van der Waals surface area contributed by atoms with E-state index in [4.69, 9.17) is 0 Å². The van der Waals surface area contributed by atoms with Crippen LogP contribution in [0.15, 0.2) is 36.2 Å². The van der Waals surface area contributed by atoms with E-state index >= 15 is 0 Å². The first-order valence-electron chi connectivity index (χ1n) is 4.96. The fourth-order valence-electron chi connectivity index (χ4n) is 1.28. The summed E-state index contributed by atoms with van der Waals surface area (Å²) in [5.41, 5.74) is 0.704. The molecule has 0 amide bonds. The van der Waals surface area contributed by atoms with Gasteiger partial charge in [-0.1, -0.05) is 50.8 Å². The quantitative estimate of drug-likeness (QED) is 0.597. The monoisotopic (exact) mass is 360 g/mol. The summed E-state index contributed by atoms with van der Waals surface area (Å²) in [5, 5.41) is 8.13. The number of benzene rings is 1. The Bertz CT molecular complexity index is 585. The standard InChI is InChI=1S/C11H9BrN2OS3/c1-6(15)8-5-7(12)3-4-9(8)17-11-14-13-10(16-2)18-11/h3-5H,1-2H3. The lowest BCUT2D eigenvalue weighted by atomic mass is 10.1. The van der Waals surface area contributed by atoms with E-state index in [9.17, 15) is 4.79 Å². The molecule has 0 unspecified atom stereocenters. The van der Waals surface area contributed by atoms with E-state index in [1.165, 1.54) is 23.1 Å². The number of aromatic nitrogens is 2. The zero-order valence-corrected chi connectivity index (χ0v) is 13.7. The second-order valence-corrected chi connectivity index (χ2v) is 7.57. The number of rotatable bonds is 4. The maximum atomic E-state index is 11.6. The summed E-state index contributed by atoms with van der Waals surface area (Å²) < 4.78 is 2.68. The molecule has 0 radical (unpaired) electrons. The molecule has 0 bridgehead atoms. The summed E-state index contributed by atoms with van der Waals surface area (Å²) in [6.45, 7) is 1.57. The first kappa shape index (κ1) is 14.0. The lowest BCUT2D eigenvalue weighted by Gasteiger charge is -2.04. The minimum Gasteiger partial charge on any atom is -0.294 e. The number of hydrogen-bond acceptors (Lipinski definition) is 6. The van der Waals surface area contributed by atoms with E-state index in [2.05, 4.69) is 26.1 Å². The third-order valence-electron chi connectivity index (χ3n) is 2.08. The molecule has 0 N–H and O–H groups in total. The van der Waals surface area contributed by atoms with Crippen LogP contribution < -0.4 is 0 Å². The van der Waals surface area contributed by atoms with Crippen LogP contribution in [0.4, 0.5) is 0 Å². The van der Waals surface area contributed by atoms with Gasteiger partial charge in [-0.3, -0.25) is 4.79 Å². The largest absolute Gasteiger partial charge is 0.294 e. The van der Waals surface area contributed by atoms with Crippen molar-refractivity contribution >= 4 is 56.6 Å². The van der Waals surface area contributed by atoms with Crippen LogP contribution in [-0.2, 0) is 0 Å². The van der Waals surface area contributed by atoms with Gasteiger partial charge in [0, 0.05) is 14.9 Å². The van der Waals surface area contributed by atoms with Crippen molar-refractivity contribution in [3.8, 4) is 0 Å². The highest BCUT2D eigenvalue weighted by Gasteiger charge is 2.12. The number of halogens is 1. The molecule has 0 saturated carbocycles. The second-order valence-electron chi connectivity index (χ2n) is 3.34. The number of ketones is 1. The third kappa shape index (κ3) is 3.34. The molecule has 94 valence electrons. The van der Waals surface area contributed by atoms with Crippen molar-refractivity contribution in [1.82, 2.24) is 10.2 Å². The minimum absolute atomic E-state index is 0.0494. The molecule has 1 aromatic carbocycles. The predicted molar refractivity (Wildman–Crippen MR) is 80.0 cm³/mol. The predicted octanol–water partition coefficient (Wildman–Crippen LogP) is 4.38. The average molecular weight is 361 g/mol. The molecule has 2 aromatic rings. The van der Waals surface area contributed by atoms with Gasteiger partial charge in [-0.15, -0.1) is 10.2 Å². The van der Waals surface area contributed by atoms with Crippen LogP contribution in [0, 0.1) is 0 Å². The Labute approximate surface area is 126 Å². The lowest BCUT2D eigenvalue weighted by Crippen LogP contribution is -1.94. The number of hydrogen-bond donors (Lipinski definition) is 0. The van der Waals surface area contributed by atoms with Gasteiger partial charge in [0.1, 0.15) is 0 Å². The highest BCUT2D eigenvalue weighted by molar-refractivity contribution is 9.10. The summed E-state index contributed by atoms with van der Waals surface area (Å²) in [6.07, 6.45) is 1.97. The number of nitrogens with zero attached hydrogens (tertiary/aromatic N) is 2. The van der Waals surface area contributed by atoms with Crippen LogP contribution in [0.2, 0.25) is 0 Å². The summed E-state index contributed by atoms with van der Waals surface area (Å²) in [5.74, 6) is 0.0494. The number of thioether (sulfide) groups is 1. The summed E-state index contributed by atoms with van der Waals surface area (Å²) in [6, 6.07) is 5.68. The zero-order valence-electron chi connectivity index (χ0n) is 9.64. The molecule has 0 aliphatic rings. The van der Waals surface area contributed by atoms with Crippen molar-refractivity contribution in [2.75, 3.05) is 6.26 Å². The van der Waals surface area contributed by atoms with Crippen LogP contribution in [0.5, 0.6) is 0 Å². The molecule has 0 saturated heterocycles. The first-order chi connectivity index (χ1) is 8.60. The van der Waals surface area contributed by atoms with Crippen molar-refractivity contribution in [3.05, 3.63) is 28.2 Å². The van der Waals surface area contributed by atoms with Gasteiger partial charge in [-0.2, -0.15) is 0 Å². The van der Waals surface area contributed by atoms with E-state index in [1.807, 2.05) is 24.5 Å². The van der Waals surface area contributed by atoms with Gasteiger partial charge >= 0.3 is 0 Å². The van der Waals surface area contributed by atoms with Gasteiger partial charge in [-0.05, 0) is 31.4 Å².